The molecular weight excluding hydrogens is 338 g/mol. The van der Waals surface area contributed by atoms with Crippen LogP contribution in [0.1, 0.15) is 19.4 Å². The molecule has 1 aromatic carbocycles. The second-order valence-corrected chi connectivity index (χ2v) is 6.27. The summed E-state index contributed by atoms with van der Waals surface area (Å²) < 4.78 is 1.75. The van der Waals surface area contributed by atoms with E-state index in [0.717, 1.165) is 37.6 Å². The van der Waals surface area contributed by atoms with Crippen LogP contribution in [0.4, 0.5) is 5.82 Å². The molecule has 2 aromatic heterocycles. The van der Waals surface area contributed by atoms with E-state index in [1.807, 2.05) is 24.3 Å². The van der Waals surface area contributed by atoms with Crippen LogP contribution >= 0.6 is 11.6 Å². The first kappa shape index (κ1) is 17.6. The Kier molecular flexibility index (Phi) is 5.78. The van der Waals surface area contributed by atoms with E-state index >= 15 is 0 Å². The van der Waals surface area contributed by atoms with Crippen molar-refractivity contribution in [3.8, 4) is 0 Å². The number of nitrogens with one attached hydrogen (secondary N) is 2. The summed E-state index contributed by atoms with van der Waals surface area (Å²) >= 11 is 6.24. The second kappa shape index (κ2) is 8.22. The highest BCUT2D eigenvalue weighted by molar-refractivity contribution is 6.31. The monoisotopic (exact) mass is 360 g/mol. The molecule has 0 unspecified atom stereocenters. The van der Waals surface area contributed by atoms with Crippen molar-refractivity contribution in [1.82, 2.24) is 25.0 Å². The van der Waals surface area contributed by atoms with Gasteiger partial charge in [0.15, 0.2) is 17.0 Å². The lowest BCUT2D eigenvalue weighted by molar-refractivity contribution is -0.894. The van der Waals surface area contributed by atoms with Crippen molar-refractivity contribution in [2.45, 2.75) is 20.4 Å². The summed E-state index contributed by atoms with van der Waals surface area (Å²) in [5.41, 5.74) is 2.37. The van der Waals surface area contributed by atoms with Gasteiger partial charge in [-0.3, -0.25) is 0 Å². The molecule has 0 amide bonds. The molecular formula is C17H23ClN7+. The first-order valence-corrected chi connectivity index (χ1v) is 8.95. The summed E-state index contributed by atoms with van der Waals surface area (Å²) in [6.45, 7) is 9.02. The zero-order chi connectivity index (χ0) is 17.6. The molecule has 0 aliphatic heterocycles. The molecule has 0 radical (unpaired) electrons. The van der Waals surface area contributed by atoms with Crippen LogP contribution in [-0.4, -0.2) is 51.1 Å². The van der Waals surface area contributed by atoms with Crippen LogP contribution in [0.5, 0.6) is 0 Å². The van der Waals surface area contributed by atoms with E-state index in [1.165, 1.54) is 0 Å². The minimum atomic E-state index is 0.524. The summed E-state index contributed by atoms with van der Waals surface area (Å²) in [4.78, 5) is 10.2. The Hall–Kier alpha value is -2.25. The third-order valence-corrected chi connectivity index (χ3v) is 4.72. The fourth-order valence-corrected chi connectivity index (χ4v) is 2.97. The van der Waals surface area contributed by atoms with E-state index in [1.54, 1.807) is 15.9 Å². The van der Waals surface area contributed by atoms with E-state index in [9.17, 15) is 0 Å². The first-order valence-electron chi connectivity index (χ1n) is 8.58. The lowest BCUT2D eigenvalue weighted by Gasteiger charge is -2.15. The zero-order valence-corrected chi connectivity index (χ0v) is 15.3. The second-order valence-electron chi connectivity index (χ2n) is 5.87. The van der Waals surface area contributed by atoms with Crippen molar-refractivity contribution < 1.29 is 4.90 Å². The average Bonchev–Trinajstić information content (AvgIpc) is 3.04. The van der Waals surface area contributed by atoms with Crippen molar-refractivity contribution in [2.75, 3.05) is 31.5 Å². The van der Waals surface area contributed by atoms with E-state index in [2.05, 4.69) is 39.4 Å². The number of quaternary nitrogens is 1. The number of rotatable bonds is 8. The highest BCUT2D eigenvalue weighted by Crippen LogP contribution is 2.19. The number of aromatic nitrogens is 5. The normalized spacial score (nSPS) is 11.4. The predicted molar refractivity (Wildman–Crippen MR) is 99.1 cm³/mol. The first-order chi connectivity index (χ1) is 12.2. The number of benzene rings is 1. The Bertz CT molecular complexity index is 829. The van der Waals surface area contributed by atoms with Gasteiger partial charge in [-0.15, -0.1) is 5.10 Å². The molecule has 2 heterocycles. The van der Waals surface area contributed by atoms with E-state index in [-0.39, 0.29) is 0 Å². The molecule has 7 nitrogen and oxygen atoms in total. The number of halogens is 1. The highest BCUT2D eigenvalue weighted by atomic mass is 35.5. The van der Waals surface area contributed by atoms with Crippen molar-refractivity contribution in [3.63, 3.8) is 0 Å². The van der Waals surface area contributed by atoms with Gasteiger partial charge in [0.05, 0.1) is 32.7 Å². The van der Waals surface area contributed by atoms with Gasteiger partial charge in [0.1, 0.15) is 6.33 Å². The molecule has 0 saturated carbocycles. The van der Waals surface area contributed by atoms with Crippen LogP contribution in [0.15, 0.2) is 30.6 Å². The number of nitrogens with zero attached hydrogens (tertiary/aromatic N) is 5. The zero-order valence-electron chi connectivity index (χ0n) is 14.5. The molecule has 25 heavy (non-hydrogen) atoms. The topological polar surface area (TPSA) is 73.0 Å². The predicted octanol–water partition coefficient (Wildman–Crippen LogP) is 1.26. The average molecular weight is 361 g/mol. The quantitative estimate of drug-likeness (QED) is 0.632. The fraction of sp³-hybridized carbons (Fsp3) is 0.412. The van der Waals surface area contributed by atoms with Crippen molar-refractivity contribution in [2.24, 2.45) is 0 Å². The number of hydrogen-bond donors (Lipinski definition) is 2. The van der Waals surface area contributed by atoms with Gasteiger partial charge >= 0.3 is 0 Å². The van der Waals surface area contributed by atoms with E-state index < -0.39 is 0 Å². The fourth-order valence-electron chi connectivity index (χ4n) is 2.78. The van der Waals surface area contributed by atoms with Gasteiger partial charge in [-0.25, -0.2) is 14.6 Å². The molecule has 132 valence electrons. The van der Waals surface area contributed by atoms with Crippen LogP contribution in [0.2, 0.25) is 5.02 Å². The van der Waals surface area contributed by atoms with Crippen LogP contribution in [0, 0.1) is 0 Å². The lowest BCUT2D eigenvalue weighted by Crippen LogP contribution is -3.12. The summed E-state index contributed by atoms with van der Waals surface area (Å²) in [6, 6.07) is 7.71. The van der Waals surface area contributed by atoms with Gasteiger partial charge in [0, 0.05) is 5.02 Å². The molecule has 0 spiro atoms. The molecule has 0 atom stereocenters. The largest absolute Gasteiger partial charge is 0.362 e. The van der Waals surface area contributed by atoms with Gasteiger partial charge in [0.25, 0.3) is 0 Å². The van der Waals surface area contributed by atoms with Crippen LogP contribution < -0.4 is 10.2 Å². The number of anilines is 1. The molecule has 0 fully saturated rings. The third-order valence-electron chi connectivity index (χ3n) is 4.35. The van der Waals surface area contributed by atoms with Crippen molar-refractivity contribution in [3.05, 3.63) is 41.2 Å². The lowest BCUT2D eigenvalue weighted by atomic mass is 10.2. The molecule has 2 N–H and O–H groups in total. The summed E-state index contributed by atoms with van der Waals surface area (Å²) in [7, 11) is 0. The SMILES string of the molecule is CC[NH+](CC)CCNc1ncnc2c1nnn2Cc1ccccc1Cl. The Balaban J connectivity index is 1.77. The number of hydrogen-bond acceptors (Lipinski definition) is 5. The summed E-state index contributed by atoms with van der Waals surface area (Å²) in [6.07, 6.45) is 1.54. The maximum atomic E-state index is 6.24. The minimum Gasteiger partial charge on any atom is -0.362 e. The van der Waals surface area contributed by atoms with Gasteiger partial charge in [-0.2, -0.15) is 0 Å². The van der Waals surface area contributed by atoms with Crippen LogP contribution in [0.3, 0.4) is 0 Å². The Morgan fingerprint density at radius 2 is 1.96 bits per heavy atom. The van der Waals surface area contributed by atoms with Gasteiger partial charge in [0.2, 0.25) is 0 Å². The maximum Gasteiger partial charge on any atom is 0.184 e. The number of fused-ring (bicyclic) bond motifs is 1. The number of likely N-dealkylation sites (N-methyl/N-ethyl adjacent to an activating group) is 1. The minimum absolute atomic E-state index is 0.524. The molecule has 0 bridgehead atoms. The maximum absolute atomic E-state index is 6.24. The van der Waals surface area contributed by atoms with Crippen LogP contribution in [-0.2, 0) is 6.54 Å². The molecule has 0 aliphatic carbocycles. The standard InChI is InChI=1S/C17H22ClN7/c1-3-24(4-2)10-9-19-16-15-17(21-12-20-16)25(23-22-15)11-13-7-5-6-8-14(13)18/h5-8,12H,3-4,9-11H2,1-2H3,(H,19,20,21)/p+1. The van der Waals surface area contributed by atoms with E-state index in [0.29, 0.717) is 22.7 Å². The Morgan fingerprint density at radius 3 is 2.72 bits per heavy atom. The van der Waals surface area contributed by atoms with E-state index in [4.69, 9.17) is 11.6 Å². The smallest absolute Gasteiger partial charge is 0.184 e. The molecule has 3 aromatic rings. The molecule has 0 aliphatic rings. The molecule has 3 rings (SSSR count). The Morgan fingerprint density at radius 1 is 1.16 bits per heavy atom. The third kappa shape index (κ3) is 4.05. The van der Waals surface area contributed by atoms with Gasteiger partial charge < -0.3 is 10.2 Å². The van der Waals surface area contributed by atoms with Crippen LogP contribution in [0.25, 0.3) is 11.2 Å². The molecule has 0 saturated heterocycles. The van der Waals surface area contributed by atoms with Gasteiger partial charge in [-0.05, 0) is 25.5 Å². The van der Waals surface area contributed by atoms with Crippen molar-refractivity contribution >= 4 is 28.6 Å². The van der Waals surface area contributed by atoms with Crippen molar-refractivity contribution in [1.29, 1.82) is 0 Å². The summed E-state index contributed by atoms with van der Waals surface area (Å²) in [5, 5.41) is 12.6. The highest BCUT2D eigenvalue weighted by Gasteiger charge is 2.13. The Labute approximate surface area is 152 Å². The van der Waals surface area contributed by atoms with Gasteiger partial charge in [-0.1, -0.05) is 35.0 Å². The summed E-state index contributed by atoms with van der Waals surface area (Å²) in [5.74, 6) is 0.724. The molecule has 8 heteroatoms.